The predicted octanol–water partition coefficient (Wildman–Crippen LogP) is 2.28. The Morgan fingerprint density at radius 2 is 2.29 bits per heavy atom. The van der Waals surface area contributed by atoms with Gasteiger partial charge in [-0.15, -0.1) is 6.58 Å². The van der Waals surface area contributed by atoms with Gasteiger partial charge in [0.1, 0.15) is 0 Å². The molecule has 0 N–H and O–H groups in total. The molecule has 0 fully saturated rings. The van der Waals surface area contributed by atoms with Gasteiger partial charge in [-0.3, -0.25) is 0 Å². The van der Waals surface area contributed by atoms with Gasteiger partial charge in [-0.25, -0.2) is 0 Å². The highest BCUT2D eigenvalue weighted by atomic mass is 28.4. The molecule has 0 aromatic carbocycles. The first kappa shape index (κ1) is 6.89. The van der Waals surface area contributed by atoms with E-state index in [-0.39, 0.29) is 0 Å². The average Bonchev–Trinajstić information content (AvgIpc) is 1.68. The van der Waals surface area contributed by atoms with Crippen LogP contribution in [0, 0.1) is 0 Å². The minimum Gasteiger partial charge on any atom is -0.309 e. The van der Waals surface area contributed by atoms with Gasteiger partial charge >= 0.3 is 0 Å². The summed E-state index contributed by atoms with van der Waals surface area (Å²) >= 11 is 0. The maximum Gasteiger partial charge on any atom is 0.266 e. The van der Waals surface area contributed by atoms with Crippen LogP contribution in [0.4, 0.5) is 4.11 Å². The van der Waals surface area contributed by atoms with E-state index < -0.39 is 8.41 Å². The topological polar surface area (TPSA) is 0 Å². The van der Waals surface area contributed by atoms with Gasteiger partial charge in [-0.1, -0.05) is 12.6 Å². The van der Waals surface area contributed by atoms with Crippen molar-refractivity contribution in [3.05, 3.63) is 12.3 Å². The molecule has 0 aliphatic rings. The number of halogens is 1. The fourth-order valence-corrected chi connectivity index (χ4v) is 0.433. The summed E-state index contributed by atoms with van der Waals surface area (Å²) < 4.78 is 12.6. The molecule has 0 aliphatic carbocycles. The summed E-state index contributed by atoms with van der Waals surface area (Å²) in [7, 11) is -2.39. The van der Waals surface area contributed by atoms with Gasteiger partial charge < -0.3 is 4.11 Å². The van der Waals surface area contributed by atoms with Gasteiger partial charge in [-0.05, 0) is 12.6 Å². The van der Waals surface area contributed by atoms with Crippen molar-refractivity contribution in [3.8, 4) is 0 Å². The van der Waals surface area contributed by atoms with Crippen LogP contribution in [-0.4, -0.2) is 8.41 Å². The molecule has 0 bridgehead atoms. The predicted molar refractivity (Wildman–Crippen MR) is 33.4 cm³/mol. The fraction of sp³-hybridized carbons (Fsp3) is 0.600. The Morgan fingerprint density at radius 3 is 2.29 bits per heavy atom. The second-order valence-corrected chi connectivity index (χ2v) is 5.51. The van der Waals surface area contributed by atoms with Gasteiger partial charge in [0.2, 0.25) is 0 Å². The molecule has 0 amide bonds. The van der Waals surface area contributed by atoms with Gasteiger partial charge in [0.25, 0.3) is 8.41 Å². The second-order valence-electron chi connectivity index (χ2n) is 1.84. The van der Waals surface area contributed by atoms with E-state index in [1.807, 2.05) is 6.92 Å². The second kappa shape index (κ2) is 2.26. The minimum absolute atomic E-state index is 0.649. The van der Waals surface area contributed by atoms with E-state index in [2.05, 4.69) is 6.58 Å². The van der Waals surface area contributed by atoms with E-state index in [0.717, 1.165) is 0 Å². The lowest BCUT2D eigenvalue weighted by Crippen LogP contribution is -2.17. The molecular weight excluding hydrogens is 107 g/mol. The van der Waals surface area contributed by atoms with E-state index in [1.165, 1.54) is 5.70 Å². The molecule has 0 spiro atoms. The van der Waals surface area contributed by atoms with Crippen LogP contribution in [0.2, 0.25) is 12.6 Å². The maximum atomic E-state index is 12.6. The number of hydrogen-bond acceptors (Lipinski definition) is 0. The normalized spacial score (nSPS) is 18.1. The van der Waals surface area contributed by atoms with E-state index in [9.17, 15) is 4.11 Å². The molecular formula is C5H11FSi. The zero-order valence-electron chi connectivity index (χ0n) is 4.87. The Balaban J connectivity index is 3.58. The van der Waals surface area contributed by atoms with Crippen LogP contribution in [0.25, 0.3) is 0 Å². The first-order chi connectivity index (χ1) is 3.12. The Hall–Kier alpha value is -0.113. The largest absolute Gasteiger partial charge is 0.309 e. The quantitative estimate of drug-likeness (QED) is 0.385. The molecule has 0 saturated carbocycles. The molecule has 7 heavy (non-hydrogen) atoms. The monoisotopic (exact) mass is 118 g/mol. The highest BCUT2D eigenvalue weighted by molar-refractivity contribution is 6.76. The van der Waals surface area contributed by atoms with Gasteiger partial charge in [0.05, 0.1) is 0 Å². The lowest BCUT2D eigenvalue weighted by molar-refractivity contribution is 0.802. The van der Waals surface area contributed by atoms with Gasteiger partial charge in [0.15, 0.2) is 0 Å². The van der Waals surface area contributed by atoms with Crippen LogP contribution in [0.3, 0.4) is 0 Å². The molecule has 0 aromatic rings. The van der Waals surface area contributed by atoms with E-state index >= 15 is 0 Å². The third kappa shape index (κ3) is 2.57. The van der Waals surface area contributed by atoms with Crippen molar-refractivity contribution in [2.24, 2.45) is 0 Å². The summed E-state index contributed by atoms with van der Waals surface area (Å²) in [6.07, 6.45) is 0. The summed E-state index contributed by atoms with van der Waals surface area (Å²) in [5.74, 6) is 0. The molecule has 1 atom stereocenters. The van der Waals surface area contributed by atoms with Crippen molar-refractivity contribution < 1.29 is 4.11 Å². The first-order valence-corrected chi connectivity index (χ1v) is 5.11. The van der Waals surface area contributed by atoms with E-state index in [4.69, 9.17) is 0 Å². The standard InChI is InChI=1S/C5H11FSi/c1-4-7(3,6)5-2/h4H,1,5H2,2-3H3. The molecule has 2 heteroatoms. The summed E-state index contributed by atoms with van der Waals surface area (Å²) in [5, 5.41) is 0. The molecule has 0 radical (unpaired) electrons. The molecule has 42 valence electrons. The minimum atomic E-state index is -2.39. The zero-order chi connectivity index (χ0) is 5.91. The van der Waals surface area contributed by atoms with E-state index in [0.29, 0.717) is 6.04 Å². The zero-order valence-corrected chi connectivity index (χ0v) is 5.87. The van der Waals surface area contributed by atoms with Crippen LogP contribution < -0.4 is 0 Å². The number of rotatable bonds is 2. The Bertz CT molecular complexity index is 68.5. The first-order valence-electron chi connectivity index (χ1n) is 2.45. The van der Waals surface area contributed by atoms with Crippen LogP contribution in [0.15, 0.2) is 12.3 Å². The molecule has 0 rings (SSSR count). The van der Waals surface area contributed by atoms with Crippen molar-refractivity contribution in [3.63, 3.8) is 0 Å². The van der Waals surface area contributed by atoms with Crippen molar-refractivity contribution in [1.29, 1.82) is 0 Å². The smallest absolute Gasteiger partial charge is 0.266 e. The molecule has 0 aliphatic heterocycles. The van der Waals surface area contributed by atoms with Crippen molar-refractivity contribution in [2.45, 2.75) is 19.5 Å². The lowest BCUT2D eigenvalue weighted by Gasteiger charge is -2.05. The molecule has 0 aromatic heterocycles. The van der Waals surface area contributed by atoms with Crippen LogP contribution >= 0.6 is 0 Å². The van der Waals surface area contributed by atoms with E-state index in [1.54, 1.807) is 6.55 Å². The molecule has 0 heterocycles. The van der Waals surface area contributed by atoms with Crippen LogP contribution in [-0.2, 0) is 0 Å². The fourth-order valence-electron chi connectivity index (χ4n) is 0.144. The van der Waals surface area contributed by atoms with Crippen LogP contribution in [0.1, 0.15) is 6.92 Å². The molecule has 0 saturated heterocycles. The summed E-state index contributed by atoms with van der Waals surface area (Å²) in [6.45, 7) is 6.90. The Labute approximate surface area is 45.2 Å². The lowest BCUT2D eigenvalue weighted by atomic mass is 11.0. The highest BCUT2D eigenvalue weighted by Gasteiger charge is 2.18. The highest BCUT2D eigenvalue weighted by Crippen LogP contribution is 2.09. The third-order valence-electron chi connectivity index (χ3n) is 1.12. The van der Waals surface area contributed by atoms with Gasteiger partial charge in [0, 0.05) is 0 Å². The van der Waals surface area contributed by atoms with Crippen molar-refractivity contribution >= 4 is 8.41 Å². The van der Waals surface area contributed by atoms with Crippen molar-refractivity contribution in [2.75, 3.05) is 0 Å². The molecule has 1 unspecified atom stereocenters. The maximum absolute atomic E-state index is 12.6. The number of hydrogen-bond donors (Lipinski definition) is 0. The van der Waals surface area contributed by atoms with Gasteiger partial charge in [-0.2, -0.15) is 0 Å². The summed E-state index contributed by atoms with van der Waals surface area (Å²) in [6, 6.07) is 0.649. The third-order valence-corrected chi connectivity index (χ3v) is 3.35. The SMILES string of the molecule is C=C[Si](C)(F)CC. The van der Waals surface area contributed by atoms with Crippen molar-refractivity contribution in [1.82, 2.24) is 0 Å². The average molecular weight is 118 g/mol. The summed E-state index contributed by atoms with van der Waals surface area (Å²) in [5.41, 5.74) is 1.47. The van der Waals surface area contributed by atoms with Crippen LogP contribution in [0.5, 0.6) is 0 Å². The Morgan fingerprint density at radius 1 is 1.86 bits per heavy atom. The molecule has 0 nitrogen and oxygen atoms in total. The summed E-state index contributed by atoms with van der Waals surface area (Å²) in [4.78, 5) is 0. The Kier molecular flexibility index (Phi) is 2.22.